The smallest absolute Gasteiger partial charge is 0.230 e. The molecule has 2 fully saturated rings. The van der Waals surface area contributed by atoms with Crippen LogP contribution in [-0.4, -0.2) is 47.0 Å². The summed E-state index contributed by atoms with van der Waals surface area (Å²) >= 11 is 0. The van der Waals surface area contributed by atoms with Gasteiger partial charge in [-0.05, 0) is 42.5 Å². The summed E-state index contributed by atoms with van der Waals surface area (Å²) in [4.78, 5) is 25.7. The number of amides is 1. The minimum atomic E-state index is -0.262. The highest BCUT2D eigenvalue weighted by atomic mass is 19.1. The molecule has 2 heterocycles. The van der Waals surface area contributed by atoms with Gasteiger partial charge in [0.1, 0.15) is 5.82 Å². The van der Waals surface area contributed by atoms with Gasteiger partial charge >= 0.3 is 0 Å². The van der Waals surface area contributed by atoms with E-state index in [0.29, 0.717) is 25.0 Å². The van der Waals surface area contributed by atoms with Crippen molar-refractivity contribution < 1.29 is 9.18 Å². The topological polar surface area (TPSA) is 49.3 Å². The standard InChI is InChI=1S/C19H21FN4O/c20-16-6-4-15(5-7-16)17(14-2-3-14)18(25)23-10-12-24(13-11-23)19-21-8-1-9-22-19/h1,4-9,14,17H,2-3,10-13H2. The van der Waals surface area contributed by atoms with E-state index >= 15 is 0 Å². The average molecular weight is 340 g/mol. The molecular weight excluding hydrogens is 319 g/mol. The van der Waals surface area contributed by atoms with Crippen LogP contribution in [-0.2, 0) is 4.79 Å². The number of aromatic nitrogens is 2. The Bertz CT molecular complexity index is 725. The number of benzene rings is 1. The van der Waals surface area contributed by atoms with Gasteiger partial charge in [0.25, 0.3) is 0 Å². The lowest BCUT2D eigenvalue weighted by atomic mass is 9.92. The van der Waals surface area contributed by atoms with E-state index in [1.165, 1.54) is 12.1 Å². The number of halogens is 1. The van der Waals surface area contributed by atoms with Gasteiger partial charge in [0.15, 0.2) is 0 Å². The van der Waals surface area contributed by atoms with Crippen molar-refractivity contribution in [2.45, 2.75) is 18.8 Å². The lowest BCUT2D eigenvalue weighted by Gasteiger charge is -2.36. The molecule has 1 saturated carbocycles. The molecule has 6 heteroatoms. The minimum Gasteiger partial charge on any atom is -0.339 e. The maximum Gasteiger partial charge on any atom is 0.230 e. The first-order chi connectivity index (χ1) is 12.2. The molecule has 25 heavy (non-hydrogen) atoms. The number of nitrogens with zero attached hydrogens (tertiary/aromatic N) is 4. The first kappa shape index (κ1) is 16.0. The van der Waals surface area contributed by atoms with Crippen LogP contribution in [0.4, 0.5) is 10.3 Å². The quantitative estimate of drug-likeness (QED) is 0.858. The van der Waals surface area contributed by atoms with E-state index in [-0.39, 0.29) is 17.6 Å². The Hall–Kier alpha value is -2.50. The summed E-state index contributed by atoms with van der Waals surface area (Å²) in [5.41, 5.74) is 0.933. The molecule has 1 atom stereocenters. The second-order valence-electron chi connectivity index (χ2n) is 6.73. The molecule has 1 aromatic heterocycles. The highest BCUT2D eigenvalue weighted by molar-refractivity contribution is 5.84. The fourth-order valence-corrected chi connectivity index (χ4v) is 3.49. The second-order valence-corrected chi connectivity index (χ2v) is 6.73. The van der Waals surface area contributed by atoms with Crippen LogP contribution in [0.5, 0.6) is 0 Å². The van der Waals surface area contributed by atoms with E-state index in [2.05, 4.69) is 14.9 Å². The zero-order valence-corrected chi connectivity index (χ0v) is 14.0. The fraction of sp³-hybridized carbons (Fsp3) is 0.421. The number of piperazine rings is 1. The SMILES string of the molecule is O=C(C(c1ccc(F)cc1)C1CC1)N1CCN(c2ncccn2)CC1. The molecule has 1 aliphatic carbocycles. The highest BCUT2D eigenvalue weighted by Gasteiger charge is 2.40. The van der Waals surface area contributed by atoms with Crippen LogP contribution in [0.25, 0.3) is 0 Å². The summed E-state index contributed by atoms with van der Waals surface area (Å²) in [7, 11) is 0. The van der Waals surface area contributed by atoms with Crippen LogP contribution >= 0.6 is 0 Å². The molecule has 0 spiro atoms. The Morgan fingerprint density at radius 3 is 2.28 bits per heavy atom. The van der Waals surface area contributed by atoms with Crippen LogP contribution in [0, 0.1) is 11.7 Å². The third-order valence-corrected chi connectivity index (χ3v) is 5.01. The van der Waals surface area contributed by atoms with Gasteiger partial charge in [-0.15, -0.1) is 0 Å². The Morgan fingerprint density at radius 2 is 1.68 bits per heavy atom. The molecule has 1 saturated heterocycles. The molecule has 2 aliphatic rings. The molecule has 1 aliphatic heterocycles. The van der Waals surface area contributed by atoms with Crippen LogP contribution in [0.2, 0.25) is 0 Å². The van der Waals surface area contributed by atoms with E-state index in [9.17, 15) is 9.18 Å². The lowest BCUT2D eigenvalue weighted by Crippen LogP contribution is -2.50. The van der Waals surface area contributed by atoms with Gasteiger partial charge in [-0.25, -0.2) is 14.4 Å². The van der Waals surface area contributed by atoms with Gasteiger partial charge in [0.2, 0.25) is 11.9 Å². The fourth-order valence-electron chi connectivity index (χ4n) is 3.49. The Morgan fingerprint density at radius 1 is 1.04 bits per heavy atom. The van der Waals surface area contributed by atoms with Crippen LogP contribution in [0.1, 0.15) is 24.3 Å². The molecule has 1 aromatic carbocycles. The number of hydrogen-bond donors (Lipinski definition) is 0. The maximum atomic E-state index is 13.2. The van der Waals surface area contributed by atoms with Gasteiger partial charge in [0.05, 0.1) is 5.92 Å². The minimum absolute atomic E-state index is 0.139. The van der Waals surface area contributed by atoms with Crippen molar-refractivity contribution in [2.24, 2.45) is 5.92 Å². The van der Waals surface area contributed by atoms with Crippen molar-refractivity contribution in [3.8, 4) is 0 Å². The Labute approximate surface area is 146 Å². The Balaban J connectivity index is 1.44. The summed E-state index contributed by atoms with van der Waals surface area (Å²) in [6.45, 7) is 2.80. The van der Waals surface area contributed by atoms with Gasteiger partial charge in [-0.2, -0.15) is 0 Å². The zero-order chi connectivity index (χ0) is 17.2. The van der Waals surface area contributed by atoms with E-state index in [1.54, 1.807) is 30.6 Å². The normalized spacial score (nSPS) is 18.9. The molecule has 0 bridgehead atoms. The predicted octanol–water partition coefficient (Wildman–Crippen LogP) is 2.46. The largest absolute Gasteiger partial charge is 0.339 e. The number of hydrogen-bond acceptors (Lipinski definition) is 4. The van der Waals surface area contributed by atoms with Crippen LogP contribution in [0.15, 0.2) is 42.7 Å². The van der Waals surface area contributed by atoms with Crippen molar-refractivity contribution in [1.29, 1.82) is 0 Å². The van der Waals surface area contributed by atoms with E-state index in [1.807, 2.05) is 4.90 Å². The number of carbonyl (C=O) groups excluding carboxylic acids is 1. The van der Waals surface area contributed by atoms with Crippen molar-refractivity contribution in [1.82, 2.24) is 14.9 Å². The highest BCUT2D eigenvalue weighted by Crippen LogP contribution is 2.43. The molecule has 4 rings (SSSR count). The third-order valence-electron chi connectivity index (χ3n) is 5.01. The summed E-state index contributed by atoms with van der Waals surface area (Å²) in [6.07, 6.45) is 5.62. The van der Waals surface area contributed by atoms with Gasteiger partial charge < -0.3 is 9.80 Å². The third kappa shape index (κ3) is 3.48. The molecule has 2 aromatic rings. The first-order valence-corrected chi connectivity index (χ1v) is 8.78. The molecular formula is C19H21FN4O. The molecule has 0 radical (unpaired) electrons. The number of anilines is 1. The second kappa shape index (κ2) is 6.78. The predicted molar refractivity (Wildman–Crippen MR) is 92.7 cm³/mol. The van der Waals surface area contributed by atoms with E-state index in [4.69, 9.17) is 0 Å². The van der Waals surface area contributed by atoms with Crippen molar-refractivity contribution in [3.63, 3.8) is 0 Å². The van der Waals surface area contributed by atoms with E-state index < -0.39 is 0 Å². The Kier molecular flexibility index (Phi) is 4.34. The van der Waals surface area contributed by atoms with Gasteiger partial charge in [0, 0.05) is 38.6 Å². The van der Waals surface area contributed by atoms with E-state index in [0.717, 1.165) is 31.5 Å². The molecule has 0 N–H and O–H groups in total. The van der Waals surface area contributed by atoms with Crippen molar-refractivity contribution >= 4 is 11.9 Å². The number of carbonyl (C=O) groups is 1. The summed E-state index contributed by atoms with van der Waals surface area (Å²) in [5.74, 6) is 0.880. The van der Waals surface area contributed by atoms with Gasteiger partial charge in [-0.3, -0.25) is 4.79 Å². The molecule has 1 unspecified atom stereocenters. The van der Waals surface area contributed by atoms with Gasteiger partial charge in [-0.1, -0.05) is 12.1 Å². The lowest BCUT2D eigenvalue weighted by molar-refractivity contribution is -0.133. The molecule has 1 amide bonds. The molecule has 5 nitrogen and oxygen atoms in total. The maximum absolute atomic E-state index is 13.2. The average Bonchev–Trinajstić information content (AvgIpc) is 3.49. The van der Waals surface area contributed by atoms with Crippen LogP contribution < -0.4 is 4.90 Å². The van der Waals surface area contributed by atoms with Crippen LogP contribution in [0.3, 0.4) is 0 Å². The number of rotatable bonds is 4. The monoisotopic (exact) mass is 340 g/mol. The zero-order valence-electron chi connectivity index (χ0n) is 14.0. The summed E-state index contributed by atoms with van der Waals surface area (Å²) < 4.78 is 13.2. The van der Waals surface area contributed by atoms with Crippen molar-refractivity contribution in [3.05, 3.63) is 54.1 Å². The first-order valence-electron chi connectivity index (χ1n) is 8.78. The van der Waals surface area contributed by atoms with Crippen molar-refractivity contribution in [2.75, 3.05) is 31.1 Å². The summed E-state index contributed by atoms with van der Waals surface area (Å²) in [6, 6.07) is 8.20. The molecule has 130 valence electrons. The summed E-state index contributed by atoms with van der Waals surface area (Å²) in [5, 5.41) is 0.